The molecule has 1 heterocycles. The van der Waals surface area contributed by atoms with E-state index in [4.69, 9.17) is 4.74 Å². The molecule has 1 aliphatic heterocycles. The lowest BCUT2D eigenvalue weighted by atomic mass is 10.3. The Bertz CT molecular complexity index is 259. The summed E-state index contributed by atoms with van der Waals surface area (Å²) < 4.78 is 31.5. The minimum Gasteiger partial charge on any atom is -0.378 e. The van der Waals surface area contributed by atoms with Crippen LogP contribution in [0, 0.1) is 0 Å². The molecule has 0 aromatic heterocycles. The van der Waals surface area contributed by atoms with Gasteiger partial charge in [0, 0.05) is 33.2 Å². The zero-order valence-corrected chi connectivity index (χ0v) is 9.30. The second-order valence-electron chi connectivity index (χ2n) is 3.36. The Balaban J connectivity index is 2.32. The summed E-state index contributed by atoms with van der Waals surface area (Å²) in [6.07, 6.45) is 0. The Hall–Kier alpha value is -0.210. The lowest BCUT2D eigenvalue weighted by molar-refractivity contribution is 0.0783. The van der Waals surface area contributed by atoms with Gasteiger partial charge in [-0.3, -0.25) is 0 Å². The van der Waals surface area contributed by atoms with Gasteiger partial charge < -0.3 is 10.1 Å². The van der Waals surface area contributed by atoms with Crippen molar-refractivity contribution in [3.05, 3.63) is 0 Å². The summed E-state index contributed by atoms with van der Waals surface area (Å²) in [4.78, 5) is 0. The Morgan fingerprint density at radius 1 is 1.57 bits per heavy atom. The SMILES string of the molecule is CN(C)S(=O)(=O)NCC1COCCN1. The highest BCUT2D eigenvalue weighted by Gasteiger charge is 2.17. The molecule has 0 amide bonds. The average Bonchev–Trinajstić information content (AvgIpc) is 2.16. The summed E-state index contributed by atoms with van der Waals surface area (Å²) in [7, 11) is -0.323. The van der Waals surface area contributed by atoms with Crippen molar-refractivity contribution in [2.45, 2.75) is 6.04 Å². The van der Waals surface area contributed by atoms with Gasteiger partial charge in [0.05, 0.1) is 13.2 Å². The van der Waals surface area contributed by atoms with Crippen molar-refractivity contribution < 1.29 is 13.2 Å². The van der Waals surface area contributed by atoms with Gasteiger partial charge in [-0.2, -0.15) is 12.7 Å². The fourth-order valence-electron chi connectivity index (χ4n) is 1.09. The van der Waals surface area contributed by atoms with Crippen molar-refractivity contribution >= 4 is 10.2 Å². The molecule has 2 N–H and O–H groups in total. The van der Waals surface area contributed by atoms with Gasteiger partial charge in [0.15, 0.2) is 0 Å². The molecular weight excluding hydrogens is 206 g/mol. The van der Waals surface area contributed by atoms with E-state index in [0.717, 1.165) is 10.8 Å². The van der Waals surface area contributed by atoms with Gasteiger partial charge in [-0.15, -0.1) is 0 Å². The van der Waals surface area contributed by atoms with Crippen LogP contribution in [-0.4, -0.2) is 59.2 Å². The van der Waals surface area contributed by atoms with Crippen LogP contribution < -0.4 is 10.0 Å². The maximum atomic E-state index is 11.3. The Morgan fingerprint density at radius 3 is 2.79 bits per heavy atom. The summed E-state index contributed by atoms with van der Waals surface area (Å²) in [6.45, 7) is 2.38. The molecule has 1 unspecified atom stereocenters. The summed E-state index contributed by atoms with van der Waals surface area (Å²) in [5.41, 5.74) is 0. The zero-order valence-electron chi connectivity index (χ0n) is 8.49. The van der Waals surface area contributed by atoms with E-state index in [1.165, 1.54) is 14.1 Å². The normalized spacial score (nSPS) is 24.1. The minimum absolute atomic E-state index is 0.0680. The first-order valence-corrected chi connectivity index (χ1v) is 5.94. The predicted molar refractivity (Wildman–Crippen MR) is 53.2 cm³/mol. The van der Waals surface area contributed by atoms with Crippen molar-refractivity contribution in [3.8, 4) is 0 Å². The number of hydrogen-bond donors (Lipinski definition) is 2. The maximum absolute atomic E-state index is 11.3. The molecule has 14 heavy (non-hydrogen) atoms. The lowest BCUT2D eigenvalue weighted by Gasteiger charge is -2.24. The van der Waals surface area contributed by atoms with E-state index in [1.54, 1.807) is 0 Å². The summed E-state index contributed by atoms with van der Waals surface area (Å²) >= 11 is 0. The zero-order chi connectivity index (χ0) is 10.6. The van der Waals surface area contributed by atoms with Crippen LogP contribution in [0.4, 0.5) is 0 Å². The molecule has 1 saturated heterocycles. The van der Waals surface area contributed by atoms with Crippen LogP contribution in [0.5, 0.6) is 0 Å². The first-order chi connectivity index (χ1) is 6.52. The fourth-order valence-corrected chi connectivity index (χ4v) is 1.76. The van der Waals surface area contributed by atoms with Crippen molar-refractivity contribution in [2.75, 3.05) is 40.4 Å². The van der Waals surface area contributed by atoms with Crippen LogP contribution in [0.15, 0.2) is 0 Å². The second kappa shape index (κ2) is 5.04. The van der Waals surface area contributed by atoms with Crippen molar-refractivity contribution in [3.63, 3.8) is 0 Å². The van der Waals surface area contributed by atoms with Crippen LogP contribution in [0.2, 0.25) is 0 Å². The van der Waals surface area contributed by atoms with Crippen molar-refractivity contribution in [1.82, 2.24) is 14.3 Å². The van der Waals surface area contributed by atoms with Gasteiger partial charge in [-0.25, -0.2) is 4.72 Å². The molecule has 1 atom stereocenters. The standard InChI is InChI=1S/C7H17N3O3S/c1-10(2)14(11,12)9-5-7-6-13-4-3-8-7/h7-9H,3-6H2,1-2H3. The van der Waals surface area contributed by atoms with Crippen LogP contribution in [0.1, 0.15) is 0 Å². The molecule has 0 aromatic rings. The van der Waals surface area contributed by atoms with E-state index < -0.39 is 10.2 Å². The maximum Gasteiger partial charge on any atom is 0.278 e. The molecule has 7 heteroatoms. The fraction of sp³-hybridized carbons (Fsp3) is 1.00. The van der Waals surface area contributed by atoms with Crippen molar-refractivity contribution in [1.29, 1.82) is 0 Å². The molecule has 84 valence electrons. The van der Waals surface area contributed by atoms with Crippen LogP contribution >= 0.6 is 0 Å². The topological polar surface area (TPSA) is 70.7 Å². The van der Waals surface area contributed by atoms with Gasteiger partial charge in [0.1, 0.15) is 0 Å². The third kappa shape index (κ3) is 3.50. The molecule has 0 aromatic carbocycles. The molecule has 6 nitrogen and oxygen atoms in total. The number of hydrogen-bond acceptors (Lipinski definition) is 4. The number of morpholine rings is 1. The van der Waals surface area contributed by atoms with Gasteiger partial charge in [0.2, 0.25) is 0 Å². The van der Waals surface area contributed by atoms with Gasteiger partial charge in [0.25, 0.3) is 10.2 Å². The van der Waals surface area contributed by atoms with E-state index in [9.17, 15) is 8.42 Å². The molecule has 0 radical (unpaired) electrons. The van der Waals surface area contributed by atoms with E-state index in [0.29, 0.717) is 19.8 Å². The Labute approximate surface area is 84.8 Å². The van der Waals surface area contributed by atoms with Crippen LogP contribution in [0.3, 0.4) is 0 Å². The van der Waals surface area contributed by atoms with Crippen molar-refractivity contribution in [2.24, 2.45) is 0 Å². The van der Waals surface area contributed by atoms with E-state index in [1.807, 2.05) is 0 Å². The van der Waals surface area contributed by atoms with Crippen LogP contribution in [-0.2, 0) is 14.9 Å². The Morgan fingerprint density at radius 2 is 2.29 bits per heavy atom. The van der Waals surface area contributed by atoms with E-state index >= 15 is 0 Å². The molecule has 0 bridgehead atoms. The lowest BCUT2D eigenvalue weighted by Crippen LogP contribution is -2.49. The molecule has 1 fully saturated rings. The van der Waals surface area contributed by atoms with Gasteiger partial charge in [-0.1, -0.05) is 0 Å². The monoisotopic (exact) mass is 223 g/mol. The average molecular weight is 223 g/mol. The third-order valence-corrected chi connectivity index (χ3v) is 3.48. The minimum atomic E-state index is -3.31. The Kier molecular flexibility index (Phi) is 4.27. The molecule has 0 aliphatic carbocycles. The first-order valence-electron chi connectivity index (χ1n) is 4.50. The highest BCUT2D eigenvalue weighted by Crippen LogP contribution is 1.94. The second-order valence-corrected chi connectivity index (χ2v) is 5.33. The summed E-state index contributed by atoms with van der Waals surface area (Å²) in [5.74, 6) is 0. The smallest absolute Gasteiger partial charge is 0.278 e. The number of rotatable bonds is 4. The summed E-state index contributed by atoms with van der Waals surface area (Å²) in [6, 6.07) is 0.0680. The van der Waals surface area contributed by atoms with E-state index in [2.05, 4.69) is 10.0 Å². The number of nitrogens with one attached hydrogen (secondary N) is 2. The molecular formula is C7H17N3O3S. The summed E-state index contributed by atoms with van der Waals surface area (Å²) in [5, 5.41) is 3.16. The third-order valence-electron chi connectivity index (χ3n) is 1.99. The predicted octanol–water partition coefficient (Wildman–Crippen LogP) is -1.63. The van der Waals surface area contributed by atoms with Crippen LogP contribution in [0.25, 0.3) is 0 Å². The molecule has 1 rings (SSSR count). The van der Waals surface area contributed by atoms with Gasteiger partial charge >= 0.3 is 0 Å². The van der Waals surface area contributed by atoms with Gasteiger partial charge in [-0.05, 0) is 0 Å². The largest absolute Gasteiger partial charge is 0.378 e. The molecule has 1 aliphatic rings. The quantitative estimate of drug-likeness (QED) is 0.600. The first kappa shape index (κ1) is 11.9. The van der Waals surface area contributed by atoms with E-state index in [-0.39, 0.29) is 6.04 Å². The molecule has 0 saturated carbocycles. The highest BCUT2D eigenvalue weighted by molar-refractivity contribution is 7.87. The highest BCUT2D eigenvalue weighted by atomic mass is 32.2. The molecule has 0 spiro atoms. The number of nitrogens with zero attached hydrogens (tertiary/aromatic N) is 1. The number of ether oxygens (including phenoxy) is 1.